The van der Waals surface area contributed by atoms with Gasteiger partial charge in [-0.3, -0.25) is 4.72 Å². The number of rotatable bonds is 4. The zero-order chi connectivity index (χ0) is 15.8. The number of halogens is 2. The van der Waals surface area contributed by atoms with Gasteiger partial charge in [0.15, 0.2) is 0 Å². The highest BCUT2D eigenvalue weighted by atomic mass is 35.5. The van der Waals surface area contributed by atoms with Crippen LogP contribution in [0.1, 0.15) is 10.4 Å². The third kappa shape index (κ3) is 3.31. The maximum Gasteiger partial charge on any atom is 0.337 e. The number of nitrogens with one attached hydrogen (secondary N) is 1. The lowest BCUT2D eigenvalue weighted by Crippen LogP contribution is -2.15. The molecule has 0 atom stereocenters. The van der Waals surface area contributed by atoms with Gasteiger partial charge in [0, 0.05) is 24.5 Å². The van der Waals surface area contributed by atoms with E-state index in [1.165, 1.54) is 18.3 Å². The van der Waals surface area contributed by atoms with Gasteiger partial charge in [-0.1, -0.05) is 23.2 Å². The summed E-state index contributed by atoms with van der Waals surface area (Å²) in [6.07, 6.45) is 2.93. The van der Waals surface area contributed by atoms with E-state index in [1.54, 1.807) is 17.8 Å². The number of anilines is 1. The summed E-state index contributed by atoms with van der Waals surface area (Å²) in [5, 5.41) is 9.13. The average Bonchev–Trinajstić information content (AvgIpc) is 2.79. The molecule has 2 rings (SSSR count). The molecule has 0 aliphatic heterocycles. The predicted molar refractivity (Wildman–Crippen MR) is 79.6 cm³/mol. The first-order valence-corrected chi connectivity index (χ1v) is 7.82. The van der Waals surface area contributed by atoms with Crippen molar-refractivity contribution in [2.75, 3.05) is 4.72 Å². The Morgan fingerprint density at radius 3 is 2.52 bits per heavy atom. The van der Waals surface area contributed by atoms with Crippen molar-refractivity contribution in [2.24, 2.45) is 7.05 Å². The van der Waals surface area contributed by atoms with Gasteiger partial charge in [0.05, 0.1) is 16.3 Å². The lowest BCUT2D eigenvalue weighted by molar-refractivity contribution is 0.0698. The average molecular weight is 349 g/mol. The van der Waals surface area contributed by atoms with Gasteiger partial charge in [0.2, 0.25) is 0 Å². The van der Waals surface area contributed by atoms with Crippen LogP contribution in [0.4, 0.5) is 5.69 Å². The lowest BCUT2D eigenvalue weighted by atomic mass is 10.2. The molecule has 1 heterocycles. The Balaban J connectivity index is 2.51. The fourth-order valence-corrected chi connectivity index (χ4v) is 3.42. The molecule has 0 saturated carbocycles. The Morgan fingerprint density at radius 2 is 2.00 bits per heavy atom. The van der Waals surface area contributed by atoms with Gasteiger partial charge in [-0.2, -0.15) is 0 Å². The van der Waals surface area contributed by atoms with Crippen molar-refractivity contribution in [3.05, 3.63) is 46.2 Å². The van der Waals surface area contributed by atoms with Crippen molar-refractivity contribution in [3.8, 4) is 0 Å². The number of nitrogens with zero attached hydrogens (tertiary/aromatic N) is 1. The highest BCUT2D eigenvalue weighted by molar-refractivity contribution is 7.92. The molecule has 0 amide bonds. The zero-order valence-corrected chi connectivity index (χ0v) is 13.0. The summed E-state index contributed by atoms with van der Waals surface area (Å²) in [5.74, 6) is -1.34. The summed E-state index contributed by atoms with van der Waals surface area (Å²) >= 11 is 11.6. The first-order valence-electron chi connectivity index (χ1n) is 5.58. The van der Waals surface area contributed by atoms with Crippen molar-refractivity contribution >= 4 is 44.9 Å². The molecule has 0 saturated heterocycles. The Kier molecular flexibility index (Phi) is 4.18. The van der Waals surface area contributed by atoms with Crippen LogP contribution < -0.4 is 4.72 Å². The summed E-state index contributed by atoms with van der Waals surface area (Å²) in [6, 6.07) is 3.77. The molecule has 2 N–H and O–H groups in total. The van der Waals surface area contributed by atoms with E-state index in [0.717, 1.165) is 6.07 Å². The number of hydrogen-bond donors (Lipinski definition) is 2. The lowest BCUT2D eigenvalue weighted by Gasteiger charge is -2.12. The molecule has 0 bridgehead atoms. The van der Waals surface area contributed by atoms with Gasteiger partial charge in [0.1, 0.15) is 4.90 Å². The Morgan fingerprint density at radius 1 is 1.33 bits per heavy atom. The minimum atomic E-state index is -3.95. The maximum absolute atomic E-state index is 12.2. The molecule has 0 radical (unpaired) electrons. The monoisotopic (exact) mass is 348 g/mol. The predicted octanol–water partition coefficient (Wildman–Crippen LogP) is 2.83. The zero-order valence-electron chi connectivity index (χ0n) is 10.7. The van der Waals surface area contributed by atoms with Crippen molar-refractivity contribution in [1.29, 1.82) is 0 Å². The number of aromatic carboxylic acids is 1. The highest BCUT2D eigenvalue weighted by Gasteiger charge is 2.22. The van der Waals surface area contributed by atoms with Crippen LogP contribution in [0.15, 0.2) is 35.5 Å². The molecular formula is C12H10Cl2N2O4S. The molecule has 9 heteroatoms. The molecule has 0 aliphatic rings. The molecule has 1 aromatic heterocycles. The molecule has 0 aliphatic carbocycles. The normalized spacial score (nSPS) is 11.4. The molecule has 0 spiro atoms. The standard InChI is InChI=1S/C12H10Cl2N2O4S/c1-16-3-2-8(6-16)21(19,20)15-11-9(12(17)18)4-7(13)5-10(11)14/h2-6,15H,1H3,(H,17,18). The van der Waals surface area contributed by atoms with E-state index in [4.69, 9.17) is 28.3 Å². The van der Waals surface area contributed by atoms with E-state index in [1.807, 2.05) is 0 Å². The van der Waals surface area contributed by atoms with Gasteiger partial charge in [0.25, 0.3) is 10.0 Å². The van der Waals surface area contributed by atoms with Crippen LogP contribution in [-0.2, 0) is 17.1 Å². The third-order valence-electron chi connectivity index (χ3n) is 2.64. The van der Waals surface area contributed by atoms with E-state index in [-0.39, 0.29) is 26.2 Å². The Bertz CT molecular complexity index is 815. The second-order valence-electron chi connectivity index (χ2n) is 4.23. The van der Waals surface area contributed by atoms with Crippen LogP contribution in [-0.4, -0.2) is 24.1 Å². The topological polar surface area (TPSA) is 88.4 Å². The van der Waals surface area contributed by atoms with Crippen LogP contribution in [0.5, 0.6) is 0 Å². The molecule has 21 heavy (non-hydrogen) atoms. The van der Waals surface area contributed by atoms with Gasteiger partial charge in [-0.25, -0.2) is 13.2 Å². The summed E-state index contributed by atoms with van der Waals surface area (Å²) in [4.78, 5) is 11.2. The molecule has 0 fully saturated rings. The number of aryl methyl sites for hydroxylation is 1. The van der Waals surface area contributed by atoms with E-state index >= 15 is 0 Å². The van der Waals surface area contributed by atoms with Gasteiger partial charge >= 0.3 is 5.97 Å². The number of carboxylic acids is 1. The fourth-order valence-electron chi connectivity index (χ4n) is 1.68. The van der Waals surface area contributed by atoms with Crippen LogP contribution in [0.2, 0.25) is 10.0 Å². The van der Waals surface area contributed by atoms with E-state index in [0.29, 0.717) is 0 Å². The Labute approximate surface area is 131 Å². The van der Waals surface area contributed by atoms with Crippen molar-refractivity contribution < 1.29 is 18.3 Å². The van der Waals surface area contributed by atoms with E-state index in [2.05, 4.69) is 4.72 Å². The first-order chi connectivity index (χ1) is 9.70. The first kappa shape index (κ1) is 15.7. The summed E-state index contributed by atoms with van der Waals surface area (Å²) in [7, 11) is -2.28. The number of benzene rings is 1. The molecule has 1 aromatic carbocycles. The largest absolute Gasteiger partial charge is 0.478 e. The van der Waals surface area contributed by atoms with Crippen molar-refractivity contribution in [3.63, 3.8) is 0 Å². The van der Waals surface area contributed by atoms with Crippen LogP contribution >= 0.6 is 23.2 Å². The summed E-state index contributed by atoms with van der Waals surface area (Å²) < 4.78 is 28.2. The SMILES string of the molecule is Cn1ccc(S(=O)(=O)Nc2c(Cl)cc(Cl)cc2C(=O)O)c1. The number of carbonyl (C=O) groups is 1. The second kappa shape index (κ2) is 5.59. The molecule has 6 nitrogen and oxygen atoms in total. The minimum Gasteiger partial charge on any atom is -0.478 e. The number of aromatic nitrogens is 1. The second-order valence-corrected chi connectivity index (χ2v) is 6.76. The highest BCUT2D eigenvalue weighted by Crippen LogP contribution is 2.32. The summed E-state index contributed by atoms with van der Waals surface area (Å²) in [5.41, 5.74) is -0.551. The van der Waals surface area contributed by atoms with E-state index in [9.17, 15) is 13.2 Å². The molecule has 2 aromatic rings. The smallest absolute Gasteiger partial charge is 0.337 e. The quantitative estimate of drug-likeness (QED) is 0.888. The fraction of sp³-hybridized carbons (Fsp3) is 0.0833. The molecule has 0 unspecified atom stereocenters. The number of carboxylic acid groups (broad SMARTS) is 1. The number of hydrogen-bond acceptors (Lipinski definition) is 3. The van der Waals surface area contributed by atoms with Gasteiger partial charge < -0.3 is 9.67 Å². The van der Waals surface area contributed by atoms with E-state index < -0.39 is 16.0 Å². The Hall–Kier alpha value is -1.70. The van der Waals surface area contributed by atoms with Gasteiger partial charge in [-0.15, -0.1) is 0 Å². The van der Waals surface area contributed by atoms with Crippen LogP contribution in [0.3, 0.4) is 0 Å². The number of sulfonamides is 1. The third-order valence-corrected chi connectivity index (χ3v) is 4.49. The van der Waals surface area contributed by atoms with Crippen molar-refractivity contribution in [1.82, 2.24) is 4.57 Å². The minimum absolute atomic E-state index is 0.00708. The summed E-state index contributed by atoms with van der Waals surface area (Å²) in [6.45, 7) is 0. The van der Waals surface area contributed by atoms with Crippen LogP contribution in [0.25, 0.3) is 0 Å². The van der Waals surface area contributed by atoms with Crippen LogP contribution in [0, 0.1) is 0 Å². The van der Waals surface area contributed by atoms with Gasteiger partial charge in [-0.05, 0) is 18.2 Å². The maximum atomic E-state index is 12.2. The van der Waals surface area contributed by atoms with Crippen molar-refractivity contribution in [2.45, 2.75) is 4.90 Å². The molecule has 112 valence electrons. The molecular weight excluding hydrogens is 339 g/mol.